The monoisotopic (exact) mass is 376 g/mol. The first-order valence-electron chi connectivity index (χ1n) is 8.06. The Bertz CT molecular complexity index is 691. The van der Waals surface area contributed by atoms with E-state index < -0.39 is 24.2 Å². The summed E-state index contributed by atoms with van der Waals surface area (Å²) in [5, 5.41) is 0. The molecule has 0 N–H and O–H groups in total. The standard InChI is InChI=1S/C19H18F6O/c1-2-13-3-5-14(6-4-13)7-8-15-9-11-16(12-10-15)26-19(24,25)17(20)18(21,22)23/h3-6,9-12,17H,2,7-8H2,1H3. The van der Waals surface area contributed by atoms with Gasteiger partial charge in [-0.15, -0.1) is 0 Å². The average Bonchev–Trinajstić information content (AvgIpc) is 2.60. The van der Waals surface area contributed by atoms with E-state index in [0.717, 1.165) is 36.1 Å². The molecular weight excluding hydrogens is 358 g/mol. The van der Waals surface area contributed by atoms with Gasteiger partial charge in [-0.05, 0) is 48.1 Å². The molecule has 2 aromatic carbocycles. The number of hydrogen-bond donors (Lipinski definition) is 0. The highest BCUT2D eigenvalue weighted by molar-refractivity contribution is 5.29. The van der Waals surface area contributed by atoms with Gasteiger partial charge in [-0.25, -0.2) is 4.39 Å². The molecule has 7 heteroatoms. The van der Waals surface area contributed by atoms with Crippen molar-refractivity contribution in [2.24, 2.45) is 0 Å². The maximum absolute atomic E-state index is 13.2. The molecule has 0 amide bonds. The predicted octanol–water partition coefficient (Wildman–Crippen LogP) is 5.91. The van der Waals surface area contributed by atoms with E-state index in [4.69, 9.17) is 0 Å². The predicted molar refractivity (Wildman–Crippen MR) is 86.2 cm³/mol. The molecule has 0 heterocycles. The maximum Gasteiger partial charge on any atom is 0.439 e. The third kappa shape index (κ3) is 5.41. The van der Waals surface area contributed by atoms with Gasteiger partial charge in [-0.3, -0.25) is 0 Å². The van der Waals surface area contributed by atoms with Crippen molar-refractivity contribution in [3.05, 3.63) is 65.2 Å². The summed E-state index contributed by atoms with van der Waals surface area (Å²) in [7, 11) is 0. The van der Waals surface area contributed by atoms with Crippen LogP contribution in [0.15, 0.2) is 48.5 Å². The number of halogens is 6. The molecule has 2 rings (SSSR count). The van der Waals surface area contributed by atoms with Crippen molar-refractivity contribution in [2.75, 3.05) is 0 Å². The average molecular weight is 376 g/mol. The van der Waals surface area contributed by atoms with Crippen LogP contribution in [-0.2, 0) is 19.3 Å². The molecule has 0 saturated heterocycles. The summed E-state index contributed by atoms with van der Waals surface area (Å²) in [6.07, 6.45) is -12.8. The Morgan fingerprint density at radius 1 is 0.769 bits per heavy atom. The minimum absolute atomic E-state index is 0.530. The Balaban J connectivity index is 1.95. The van der Waals surface area contributed by atoms with E-state index in [1.807, 2.05) is 24.3 Å². The van der Waals surface area contributed by atoms with Crippen LogP contribution in [0.1, 0.15) is 23.6 Å². The van der Waals surface area contributed by atoms with Gasteiger partial charge in [0.15, 0.2) is 0 Å². The second kappa shape index (κ2) is 8.01. The first-order valence-corrected chi connectivity index (χ1v) is 8.06. The summed E-state index contributed by atoms with van der Waals surface area (Å²) in [6.45, 7) is 2.06. The lowest BCUT2D eigenvalue weighted by Gasteiger charge is -2.23. The van der Waals surface area contributed by atoms with Crippen LogP contribution in [0.4, 0.5) is 26.3 Å². The molecule has 0 radical (unpaired) electrons. The summed E-state index contributed by atoms with van der Waals surface area (Å²) in [6, 6.07) is 13.2. The summed E-state index contributed by atoms with van der Waals surface area (Å²) < 4.78 is 79.4. The van der Waals surface area contributed by atoms with Gasteiger partial charge < -0.3 is 4.74 Å². The second-order valence-corrected chi connectivity index (χ2v) is 5.88. The summed E-state index contributed by atoms with van der Waals surface area (Å²) >= 11 is 0. The molecule has 26 heavy (non-hydrogen) atoms. The first kappa shape index (κ1) is 20.1. The van der Waals surface area contributed by atoms with Crippen LogP contribution < -0.4 is 4.74 Å². The molecule has 1 atom stereocenters. The van der Waals surface area contributed by atoms with E-state index in [-0.39, 0.29) is 0 Å². The molecule has 0 saturated carbocycles. The molecule has 0 aliphatic rings. The van der Waals surface area contributed by atoms with E-state index in [9.17, 15) is 26.3 Å². The van der Waals surface area contributed by atoms with E-state index in [1.54, 1.807) is 0 Å². The Labute approximate surface area is 147 Å². The molecule has 2 aromatic rings. The van der Waals surface area contributed by atoms with Crippen molar-refractivity contribution < 1.29 is 31.1 Å². The van der Waals surface area contributed by atoms with Crippen LogP contribution in [-0.4, -0.2) is 18.5 Å². The van der Waals surface area contributed by atoms with Crippen LogP contribution in [0.2, 0.25) is 0 Å². The van der Waals surface area contributed by atoms with Gasteiger partial charge in [0.1, 0.15) is 5.75 Å². The second-order valence-electron chi connectivity index (χ2n) is 5.88. The zero-order valence-electron chi connectivity index (χ0n) is 14.0. The number of alkyl halides is 6. The van der Waals surface area contributed by atoms with Crippen LogP contribution >= 0.6 is 0 Å². The number of rotatable bonds is 7. The molecule has 0 aliphatic carbocycles. The van der Waals surface area contributed by atoms with E-state index in [2.05, 4.69) is 11.7 Å². The van der Waals surface area contributed by atoms with Crippen molar-refractivity contribution in [1.82, 2.24) is 0 Å². The summed E-state index contributed by atoms with van der Waals surface area (Å²) in [4.78, 5) is 0. The zero-order valence-corrected chi connectivity index (χ0v) is 14.0. The van der Waals surface area contributed by atoms with Gasteiger partial charge in [-0.2, -0.15) is 22.0 Å². The molecule has 0 aliphatic heterocycles. The quantitative estimate of drug-likeness (QED) is 0.546. The molecule has 1 unspecified atom stereocenters. The smallest absolute Gasteiger partial charge is 0.430 e. The molecule has 0 fully saturated rings. The molecule has 0 bridgehead atoms. The van der Waals surface area contributed by atoms with Gasteiger partial charge >= 0.3 is 12.3 Å². The summed E-state index contributed by atoms with van der Waals surface area (Å²) in [5.41, 5.74) is 3.13. The highest BCUT2D eigenvalue weighted by Gasteiger charge is 2.59. The maximum atomic E-state index is 13.2. The fourth-order valence-corrected chi connectivity index (χ4v) is 2.35. The highest BCUT2D eigenvalue weighted by atomic mass is 19.4. The third-order valence-electron chi connectivity index (χ3n) is 3.89. The molecule has 142 valence electrons. The SMILES string of the molecule is CCc1ccc(CCc2ccc(OC(F)(F)C(F)C(F)(F)F)cc2)cc1. The molecule has 0 aromatic heterocycles. The van der Waals surface area contributed by atoms with Crippen LogP contribution in [0.5, 0.6) is 5.75 Å². The molecule has 1 nitrogen and oxygen atoms in total. The largest absolute Gasteiger partial charge is 0.439 e. The Hall–Kier alpha value is -2.18. The Morgan fingerprint density at radius 2 is 1.19 bits per heavy atom. The molecular formula is C19H18F6O. The van der Waals surface area contributed by atoms with Gasteiger partial charge in [0.25, 0.3) is 6.17 Å². The topological polar surface area (TPSA) is 9.23 Å². The van der Waals surface area contributed by atoms with Crippen molar-refractivity contribution in [1.29, 1.82) is 0 Å². The van der Waals surface area contributed by atoms with Gasteiger partial charge in [0.05, 0.1) is 0 Å². The Kier molecular flexibility index (Phi) is 6.21. The highest BCUT2D eigenvalue weighted by Crippen LogP contribution is 2.36. The lowest BCUT2D eigenvalue weighted by Crippen LogP contribution is -2.45. The van der Waals surface area contributed by atoms with Gasteiger partial charge in [0.2, 0.25) is 0 Å². The van der Waals surface area contributed by atoms with Crippen LogP contribution in [0.25, 0.3) is 0 Å². The number of aryl methyl sites for hydroxylation is 3. The number of ether oxygens (including phenoxy) is 1. The first-order chi connectivity index (χ1) is 12.1. The van der Waals surface area contributed by atoms with Crippen LogP contribution in [0.3, 0.4) is 0 Å². The fourth-order valence-electron chi connectivity index (χ4n) is 2.35. The van der Waals surface area contributed by atoms with E-state index in [0.29, 0.717) is 6.42 Å². The number of hydrogen-bond acceptors (Lipinski definition) is 1. The third-order valence-corrected chi connectivity index (χ3v) is 3.89. The zero-order chi connectivity index (χ0) is 19.4. The van der Waals surface area contributed by atoms with Crippen LogP contribution in [0, 0.1) is 0 Å². The normalized spacial score (nSPS) is 13.5. The lowest BCUT2D eigenvalue weighted by molar-refractivity contribution is -0.304. The lowest BCUT2D eigenvalue weighted by atomic mass is 10.0. The van der Waals surface area contributed by atoms with E-state index >= 15 is 0 Å². The van der Waals surface area contributed by atoms with Gasteiger partial charge in [0, 0.05) is 0 Å². The minimum atomic E-state index is -5.70. The fraction of sp³-hybridized carbons (Fsp3) is 0.368. The summed E-state index contributed by atoms with van der Waals surface area (Å²) in [5.74, 6) is -0.530. The van der Waals surface area contributed by atoms with Crippen molar-refractivity contribution >= 4 is 0 Å². The van der Waals surface area contributed by atoms with E-state index in [1.165, 1.54) is 17.7 Å². The van der Waals surface area contributed by atoms with Crippen molar-refractivity contribution in [3.8, 4) is 5.75 Å². The Morgan fingerprint density at radius 3 is 1.62 bits per heavy atom. The molecule has 0 spiro atoms. The number of benzene rings is 2. The van der Waals surface area contributed by atoms with Crippen molar-refractivity contribution in [3.63, 3.8) is 0 Å². The van der Waals surface area contributed by atoms with Gasteiger partial charge in [-0.1, -0.05) is 43.3 Å². The van der Waals surface area contributed by atoms with Crippen molar-refractivity contribution in [2.45, 2.75) is 44.6 Å². The minimum Gasteiger partial charge on any atom is -0.430 e.